The molecule has 3 aromatic carbocycles. The van der Waals surface area contributed by atoms with Gasteiger partial charge in [0.2, 0.25) is 0 Å². The van der Waals surface area contributed by atoms with Crippen LogP contribution in [0.3, 0.4) is 0 Å². The smallest absolute Gasteiger partial charge is 0.383 e. The molecule has 1 unspecified atom stereocenters. The van der Waals surface area contributed by atoms with E-state index in [1.807, 2.05) is 30.3 Å². The summed E-state index contributed by atoms with van der Waals surface area (Å²) in [6.07, 6.45) is -4.42. The number of hydrogen-bond acceptors (Lipinski definition) is 5. The molecule has 0 N–H and O–H groups in total. The highest BCUT2D eigenvalue weighted by atomic mass is 19.4. The van der Waals surface area contributed by atoms with E-state index in [2.05, 4.69) is 58.5 Å². The Bertz CT molecular complexity index is 1270. The molecule has 1 atom stereocenters. The molecule has 0 spiro atoms. The van der Waals surface area contributed by atoms with E-state index in [0.29, 0.717) is 43.5 Å². The van der Waals surface area contributed by atoms with Crippen molar-refractivity contribution in [2.24, 2.45) is 0 Å². The summed E-state index contributed by atoms with van der Waals surface area (Å²) < 4.78 is 47.0. The van der Waals surface area contributed by atoms with Gasteiger partial charge in [0.1, 0.15) is 0 Å². The third kappa shape index (κ3) is 6.85. The van der Waals surface area contributed by atoms with Crippen LogP contribution < -0.4 is 0 Å². The number of alkyl halides is 3. The Morgan fingerprint density at radius 1 is 0.842 bits per heavy atom. The first-order valence-corrected chi connectivity index (χ1v) is 12.5. The molecule has 0 aliphatic carbocycles. The van der Waals surface area contributed by atoms with E-state index < -0.39 is 17.8 Å². The topological polar surface area (TPSA) is 56.1 Å². The summed E-state index contributed by atoms with van der Waals surface area (Å²) in [6, 6.07) is 23.2. The number of hydrogen-bond donors (Lipinski definition) is 0. The number of tetrazole rings is 1. The second-order valence-corrected chi connectivity index (χ2v) is 9.56. The van der Waals surface area contributed by atoms with Crippen molar-refractivity contribution in [1.29, 1.82) is 0 Å². The zero-order valence-corrected chi connectivity index (χ0v) is 21.8. The van der Waals surface area contributed by atoms with Gasteiger partial charge in [-0.15, -0.1) is 5.10 Å². The van der Waals surface area contributed by atoms with Gasteiger partial charge in [-0.1, -0.05) is 80.6 Å². The predicted octanol–water partition coefficient (Wildman–Crippen LogP) is 6.25. The zero-order valence-electron chi connectivity index (χ0n) is 21.8. The first kappa shape index (κ1) is 27.5. The number of rotatable bonds is 11. The minimum Gasteiger partial charge on any atom is -0.383 e. The second kappa shape index (κ2) is 12.3. The quantitative estimate of drug-likeness (QED) is 0.233. The molecular formula is C29H32F3N5O. The zero-order chi connectivity index (χ0) is 27.1. The van der Waals surface area contributed by atoms with Crippen molar-refractivity contribution in [3.8, 4) is 0 Å². The minimum absolute atomic E-state index is 0.396. The molecule has 1 heterocycles. The van der Waals surface area contributed by atoms with Gasteiger partial charge in [-0.2, -0.15) is 13.2 Å². The monoisotopic (exact) mass is 523 g/mol. The molecule has 4 aromatic rings. The van der Waals surface area contributed by atoms with Crippen LogP contribution in [-0.4, -0.2) is 38.8 Å². The first-order chi connectivity index (χ1) is 18.3. The standard InChI is InChI=1S/C29H32F3N5O/c1-21(2)24-11-9-23(10-12-24)20-36(19-22-7-5-4-6-8-22)27(28-33-34-35-37(28)17-18-38-3)25-13-15-26(16-14-25)29(30,31)32/h4-16,21,27H,17-20H2,1-3H3. The van der Waals surface area contributed by atoms with Crippen molar-refractivity contribution in [2.45, 2.75) is 51.6 Å². The Hall–Kier alpha value is -3.56. The molecule has 9 heteroatoms. The van der Waals surface area contributed by atoms with Crippen LogP contribution in [0.4, 0.5) is 13.2 Å². The van der Waals surface area contributed by atoms with Crippen molar-refractivity contribution < 1.29 is 17.9 Å². The summed E-state index contributed by atoms with van der Waals surface area (Å²) in [6.45, 7) is 6.19. The predicted molar refractivity (Wildman–Crippen MR) is 139 cm³/mol. The van der Waals surface area contributed by atoms with Crippen LogP contribution in [-0.2, 0) is 30.5 Å². The average Bonchev–Trinajstić information content (AvgIpc) is 3.36. The Labute approximate surface area is 221 Å². The van der Waals surface area contributed by atoms with Crippen LogP contribution in [0.2, 0.25) is 0 Å². The van der Waals surface area contributed by atoms with Gasteiger partial charge >= 0.3 is 6.18 Å². The fraction of sp³-hybridized carbons (Fsp3) is 0.345. The molecule has 4 rings (SSSR count). The van der Waals surface area contributed by atoms with E-state index in [-0.39, 0.29) is 0 Å². The van der Waals surface area contributed by atoms with Crippen molar-refractivity contribution in [3.05, 3.63) is 113 Å². The number of aromatic nitrogens is 4. The number of methoxy groups -OCH3 is 1. The largest absolute Gasteiger partial charge is 0.416 e. The molecule has 1 aromatic heterocycles. The number of benzene rings is 3. The third-order valence-corrected chi connectivity index (χ3v) is 6.49. The van der Waals surface area contributed by atoms with Gasteiger partial charge in [-0.05, 0) is 50.7 Å². The van der Waals surface area contributed by atoms with E-state index in [0.717, 1.165) is 23.3 Å². The Morgan fingerprint density at radius 3 is 2.03 bits per heavy atom. The van der Waals surface area contributed by atoms with Gasteiger partial charge in [-0.25, -0.2) is 4.68 Å². The van der Waals surface area contributed by atoms with Gasteiger partial charge in [0.25, 0.3) is 0 Å². The lowest BCUT2D eigenvalue weighted by atomic mass is 9.99. The lowest BCUT2D eigenvalue weighted by molar-refractivity contribution is -0.137. The molecule has 0 radical (unpaired) electrons. The summed E-state index contributed by atoms with van der Waals surface area (Å²) in [5.41, 5.74) is 3.36. The van der Waals surface area contributed by atoms with Gasteiger partial charge in [-0.3, -0.25) is 4.90 Å². The number of halogens is 3. The maximum absolute atomic E-state index is 13.4. The summed E-state index contributed by atoms with van der Waals surface area (Å²) in [4.78, 5) is 2.19. The van der Waals surface area contributed by atoms with Crippen LogP contribution in [0, 0.1) is 0 Å². The summed E-state index contributed by atoms with van der Waals surface area (Å²) in [7, 11) is 1.60. The molecular weight excluding hydrogens is 491 g/mol. The van der Waals surface area contributed by atoms with Crippen molar-refractivity contribution in [3.63, 3.8) is 0 Å². The fourth-order valence-corrected chi connectivity index (χ4v) is 4.42. The van der Waals surface area contributed by atoms with Gasteiger partial charge in [0, 0.05) is 20.2 Å². The third-order valence-electron chi connectivity index (χ3n) is 6.49. The van der Waals surface area contributed by atoms with E-state index >= 15 is 0 Å². The van der Waals surface area contributed by atoms with Gasteiger partial charge in [0.05, 0.1) is 24.8 Å². The van der Waals surface area contributed by atoms with Crippen molar-refractivity contribution >= 4 is 0 Å². The SMILES string of the molecule is COCCn1nnnc1C(c1ccc(C(F)(F)F)cc1)N(Cc1ccccc1)Cc1ccc(C(C)C)cc1. The summed E-state index contributed by atoms with van der Waals surface area (Å²) in [5.74, 6) is 0.950. The lowest BCUT2D eigenvalue weighted by Gasteiger charge is -2.32. The minimum atomic E-state index is -4.42. The van der Waals surface area contributed by atoms with Crippen LogP contribution in [0.15, 0.2) is 78.9 Å². The molecule has 6 nitrogen and oxygen atoms in total. The first-order valence-electron chi connectivity index (χ1n) is 12.5. The highest BCUT2D eigenvalue weighted by molar-refractivity contribution is 5.31. The molecule has 0 fully saturated rings. The van der Waals surface area contributed by atoms with Crippen LogP contribution >= 0.6 is 0 Å². The maximum atomic E-state index is 13.4. The Kier molecular flexibility index (Phi) is 8.91. The highest BCUT2D eigenvalue weighted by Gasteiger charge is 2.32. The fourth-order valence-electron chi connectivity index (χ4n) is 4.42. The summed E-state index contributed by atoms with van der Waals surface area (Å²) >= 11 is 0. The molecule has 0 amide bonds. The molecule has 0 saturated carbocycles. The summed E-state index contributed by atoms with van der Waals surface area (Å²) in [5, 5.41) is 12.4. The second-order valence-electron chi connectivity index (χ2n) is 9.56. The lowest BCUT2D eigenvalue weighted by Crippen LogP contribution is -2.31. The maximum Gasteiger partial charge on any atom is 0.416 e. The molecule has 200 valence electrons. The van der Waals surface area contributed by atoms with Gasteiger partial charge in [0.15, 0.2) is 5.82 Å². The molecule has 38 heavy (non-hydrogen) atoms. The van der Waals surface area contributed by atoms with Crippen molar-refractivity contribution in [2.75, 3.05) is 13.7 Å². The molecule has 0 bridgehead atoms. The van der Waals surface area contributed by atoms with E-state index in [4.69, 9.17) is 4.74 Å². The van der Waals surface area contributed by atoms with Gasteiger partial charge < -0.3 is 4.74 Å². The van der Waals surface area contributed by atoms with Crippen molar-refractivity contribution in [1.82, 2.24) is 25.1 Å². The highest BCUT2D eigenvalue weighted by Crippen LogP contribution is 2.34. The number of ether oxygens (including phenoxy) is 1. The Morgan fingerprint density at radius 2 is 1.45 bits per heavy atom. The molecule has 0 saturated heterocycles. The van der Waals surface area contributed by atoms with E-state index in [1.165, 1.54) is 17.7 Å². The molecule has 0 aliphatic rings. The van der Waals surface area contributed by atoms with E-state index in [9.17, 15) is 13.2 Å². The van der Waals surface area contributed by atoms with Crippen LogP contribution in [0.5, 0.6) is 0 Å². The van der Waals surface area contributed by atoms with Crippen LogP contribution in [0.25, 0.3) is 0 Å². The molecule has 0 aliphatic heterocycles. The van der Waals surface area contributed by atoms with E-state index in [1.54, 1.807) is 11.8 Å². The normalized spacial score (nSPS) is 12.8. The Balaban J connectivity index is 1.79. The number of nitrogens with zero attached hydrogens (tertiary/aromatic N) is 5. The van der Waals surface area contributed by atoms with Crippen LogP contribution in [0.1, 0.15) is 59.4 Å². The average molecular weight is 524 g/mol.